The van der Waals surface area contributed by atoms with Gasteiger partial charge in [0.25, 0.3) is 0 Å². The molecule has 3 nitrogen and oxygen atoms in total. The molecule has 0 aliphatic carbocycles. The van der Waals surface area contributed by atoms with Crippen LogP contribution in [0.5, 0.6) is 17.2 Å². The van der Waals surface area contributed by atoms with Crippen LogP contribution in [-0.4, -0.2) is 15.3 Å². The maximum Gasteiger partial charge on any atom is 0.122 e. The van der Waals surface area contributed by atoms with E-state index in [-0.39, 0.29) is 22.3 Å². The number of hydrogen-bond donors (Lipinski definition) is 3. The third kappa shape index (κ3) is 6.92. The molecule has 3 aromatic rings. The van der Waals surface area contributed by atoms with Gasteiger partial charge < -0.3 is 15.3 Å². The second-order valence-corrected chi connectivity index (χ2v) is 13.2. The van der Waals surface area contributed by atoms with Gasteiger partial charge in [0.05, 0.1) is 0 Å². The lowest BCUT2D eigenvalue weighted by molar-refractivity contribution is 0.453. The number of phenolic OH excluding ortho intramolecular Hbond substituents is 3. The molecule has 3 aromatic carbocycles. The summed E-state index contributed by atoms with van der Waals surface area (Å²) in [7, 11) is 0. The molecule has 3 heteroatoms. The summed E-state index contributed by atoms with van der Waals surface area (Å²) in [5.41, 5.74) is 8.33. The molecule has 0 saturated heterocycles. The predicted octanol–water partition coefficient (Wildman–Crippen LogP) is 8.93. The van der Waals surface area contributed by atoms with Crippen LogP contribution in [0.1, 0.15) is 118 Å². The summed E-state index contributed by atoms with van der Waals surface area (Å²) in [5.74, 6) is 0.829. The van der Waals surface area contributed by atoms with Gasteiger partial charge in [-0.05, 0) is 87.6 Å². The van der Waals surface area contributed by atoms with Crippen molar-refractivity contribution in [2.75, 3.05) is 0 Å². The van der Waals surface area contributed by atoms with Crippen LogP contribution in [0, 0.1) is 13.8 Å². The van der Waals surface area contributed by atoms with E-state index in [9.17, 15) is 15.3 Å². The average molecular weight is 517 g/mol. The molecule has 0 aliphatic heterocycles. The van der Waals surface area contributed by atoms with Crippen LogP contribution < -0.4 is 0 Å². The first kappa shape index (κ1) is 29.6. The minimum atomic E-state index is -0.123. The summed E-state index contributed by atoms with van der Waals surface area (Å²) < 4.78 is 0. The standard InChI is InChI=1S/C35H48O3/c1-10-11-12-13-24-14-22(2)31(36)25(16-24)17-27-20-30(35(7,8)9)21-28(33(27)38)18-26-19-29(34(4,5)6)15-23(3)32(26)37/h14-16,19-21,36-38H,10-13,17-18H2,1-9H3. The van der Waals surface area contributed by atoms with Gasteiger partial charge in [0.1, 0.15) is 17.2 Å². The summed E-state index contributed by atoms with van der Waals surface area (Å²) in [6.07, 6.45) is 5.37. The Morgan fingerprint density at radius 1 is 0.553 bits per heavy atom. The molecule has 0 unspecified atom stereocenters. The van der Waals surface area contributed by atoms with E-state index in [0.29, 0.717) is 18.6 Å². The van der Waals surface area contributed by atoms with Gasteiger partial charge in [-0.1, -0.05) is 97.7 Å². The first-order valence-electron chi connectivity index (χ1n) is 14.1. The molecule has 0 atom stereocenters. The highest BCUT2D eigenvalue weighted by molar-refractivity contribution is 5.54. The fourth-order valence-electron chi connectivity index (χ4n) is 5.09. The van der Waals surface area contributed by atoms with Crippen molar-refractivity contribution in [3.05, 3.63) is 86.5 Å². The molecular formula is C35H48O3. The van der Waals surface area contributed by atoms with Crippen molar-refractivity contribution in [1.29, 1.82) is 0 Å². The molecule has 0 aromatic heterocycles. The number of hydrogen-bond acceptors (Lipinski definition) is 3. The second-order valence-electron chi connectivity index (χ2n) is 13.2. The first-order chi connectivity index (χ1) is 17.6. The van der Waals surface area contributed by atoms with Crippen molar-refractivity contribution in [3.8, 4) is 17.2 Å². The van der Waals surface area contributed by atoms with Gasteiger partial charge in [0, 0.05) is 12.8 Å². The molecule has 0 aliphatic rings. The van der Waals surface area contributed by atoms with Crippen molar-refractivity contribution in [2.45, 2.75) is 112 Å². The van der Waals surface area contributed by atoms with Crippen LogP contribution in [0.15, 0.2) is 36.4 Å². The molecule has 0 radical (unpaired) electrons. The molecule has 3 rings (SSSR count). The van der Waals surface area contributed by atoms with Crippen molar-refractivity contribution in [1.82, 2.24) is 0 Å². The highest BCUT2D eigenvalue weighted by atomic mass is 16.3. The minimum absolute atomic E-state index is 0.0504. The summed E-state index contributed by atoms with van der Waals surface area (Å²) in [6.45, 7) is 19.1. The molecule has 206 valence electrons. The smallest absolute Gasteiger partial charge is 0.122 e. The quantitative estimate of drug-likeness (QED) is 0.262. The Balaban J connectivity index is 2.10. The molecule has 0 fully saturated rings. The van der Waals surface area contributed by atoms with Crippen LogP contribution in [0.2, 0.25) is 0 Å². The van der Waals surface area contributed by atoms with Gasteiger partial charge in [-0.3, -0.25) is 0 Å². The van der Waals surface area contributed by atoms with Crippen molar-refractivity contribution >= 4 is 0 Å². The molecule has 38 heavy (non-hydrogen) atoms. The second kappa shape index (κ2) is 11.4. The van der Waals surface area contributed by atoms with E-state index in [0.717, 1.165) is 57.3 Å². The van der Waals surface area contributed by atoms with E-state index in [4.69, 9.17) is 0 Å². The van der Waals surface area contributed by atoms with E-state index >= 15 is 0 Å². The molecule has 0 heterocycles. The Morgan fingerprint density at radius 2 is 0.974 bits per heavy atom. The molecular weight excluding hydrogens is 468 g/mol. The zero-order valence-corrected chi connectivity index (χ0v) is 25.0. The van der Waals surface area contributed by atoms with E-state index in [2.05, 4.69) is 78.8 Å². The normalized spacial score (nSPS) is 12.2. The van der Waals surface area contributed by atoms with E-state index < -0.39 is 0 Å². The zero-order valence-electron chi connectivity index (χ0n) is 25.0. The zero-order chi connectivity index (χ0) is 28.4. The summed E-state index contributed by atoms with van der Waals surface area (Å²) in [4.78, 5) is 0. The van der Waals surface area contributed by atoms with E-state index in [1.165, 1.54) is 18.4 Å². The molecule has 0 saturated carbocycles. The lowest BCUT2D eigenvalue weighted by Crippen LogP contribution is -2.13. The van der Waals surface area contributed by atoms with Crippen LogP contribution in [0.25, 0.3) is 0 Å². The number of aryl methyl sites for hydroxylation is 3. The Kier molecular flexibility index (Phi) is 8.91. The number of unbranched alkanes of at least 4 members (excludes halogenated alkanes) is 2. The van der Waals surface area contributed by atoms with Crippen molar-refractivity contribution in [3.63, 3.8) is 0 Å². The van der Waals surface area contributed by atoms with Gasteiger partial charge in [-0.15, -0.1) is 0 Å². The third-order valence-corrected chi connectivity index (χ3v) is 7.65. The Bertz CT molecular complexity index is 1290. The highest BCUT2D eigenvalue weighted by Gasteiger charge is 2.22. The van der Waals surface area contributed by atoms with Crippen LogP contribution in [0.4, 0.5) is 0 Å². The molecule has 3 N–H and O–H groups in total. The summed E-state index contributed by atoms with van der Waals surface area (Å²) >= 11 is 0. The Morgan fingerprint density at radius 3 is 1.45 bits per heavy atom. The monoisotopic (exact) mass is 516 g/mol. The highest BCUT2D eigenvalue weighted by Crippen LogP contribution is 2.38. The van der Waals surface area contributed by atoms with Crippen LogP contribution in [-0.2, 0) is 30.1 Å². The Labute approximate surface area is 230 Å². The summed E-state index contributed by atoms with van der Waals surface area (Å²) in [5, 5.41) is 33.4. The number of phenols is 3. The summed E-state index contributed by atoms with van der Waals surface area (Å²) in [6, 6.07) is 12.5. The van der Waals surface area contributed by atoms with Gasteiger partial charge >= 0.3 is 0 Å². The van der Waals surface area contributed by atoms with Gasteiger partial charge in [0.2, 0.25) is 0 Å². The van der Waals surface area contributed by atoms with Gasteiger partial charge in [-0.2, -0.15) is 0 Å². The van der Waals surface area contributed by atoms with Crippen molar-refractivity contribution < 1.29 is 15.3 Å². The maximum absolute atomic E-state index is 11.5. The van der Waals surface area contributed by atoms with Gasteiger partial charge in [-0.25, -0.2) is 0 Å². The fraction of sp³-hybridized carbons (Fsp3) is 0.486. The van der Waals surface area contributed by atoms with Gasteiger partial charge in [0.15, 0.2) is 0 Å². The third-order valence-electron chi connectivity index (χ3n) is 7.65. The lowest BCUT2D eigenvalue weighted by atomic mass is 9.81. The molecule has 0 spiro atoms. The Hall–Kier alpha value is -2.94. The molecule has 0 bridgehead atoms. The number of benzene rings is 3. The number of aromatic hydroxyl groups is 3. The van der Waals surface area contributed by atoms with E-state index in [1.54, 1.807) is 0 Å². The maximum atomic E-state index is 11.5. The fourth-order valence-corrected chi connectivity index (χ4v) is 5.09. The first-order valence-corrected chi connectivity index (χ1v) is 14.1. The SMILES string of the molecule is CCCCCc1cc(C)c(O)c(Cc2cc(C(C)(C)C)cc(Cc3cc(C(C)(C)C)cc(C)c3O)c2O)c1. The molecule has 0 amide bonds. The topological polar surface area (TPSA) is 60.7 Å². The largest absolute Gasteiger partial charge is 0.507 e. The van der Waals surface area contributed by atoms with Crippen LogP contribution >= 0.6 is 0 Å². The van der Waals surface area contributed by atoms with Crippen LogP contribution in [0.3, 0.4) is 0 Å². The predicted molar refractivity (Wildman–Crippen MR) is 160 cm³/mol. The average Bonchev–Trinajstić information content (AvgIpc) is 2.81. The van der Waals surface area contributed by atoms with Crippen molar-refractivity contribution in [2.24, 2.45) is 0 Å². The van der Waals surface area contributed by atoms with E-state index in [1.807, 2.05) is 19.9 Å². The number of rotatable bonds is 8. The lowest BCUT2D eigenvalue weighted by Gasteiger charge is -2.24. The minimum Gasteiger partial charge on any atom is -0.507 e.